The highest BCUT2D eigenvalue weighted by Gasteiger charge is 2.33. The minimum Gasteiger partial charge on any atom is -0.493 e. The third-order valence-corrected chi connectivity index (χ3v) is 7.07. The lowest BCUT2D eigenvalue weighted by Crippen LogP contribution is -2.27. The maximum Gasteiger partial charge on any atom is 0.270 e. The van der Waals surface area contributed by atoms with Crippen molar-refractivity contribution in [2.24, 2.45) is 0 Å². The number of benzene rings is 3. The molecule has 0 bridgehead atoms. The van der Waals surface area contributed by atoms with E-state index in [2.05, 4.69) is 31.9 Å². The van der Waals surface area contributed by atoms with E-state index in [1.165, 1.54) is 35.9 Å². The smallest absolute Gasteiger partial charge is 0.270 e. The van der Waals surface area contributed by atoms with E-state index in [0.717, 1.165) is 10.0 Å². The van der Waals surface area contributed by atoms with Crippen LogP contribution in [0, 0.1) is 5.82 Å². The van der Waals surface area contributed by atoms with Crippen molar-refractivity contribution < 1.29 is 18.7 Å². The van der Waals surface area contributed by atoms with Crippen LogP contribution >= 0.6 is 55.8 Å². The van der Waals surface area contributed by atoms with Gasteiger partial charge in [-0.05, 0) is 75.6 Å². The van der Waals surface area contributed by atoms with Crippen LogP contribution < -0.4 is 14.4 Å². The Labute approximate surface area is 217 Å². The molecule has 0 aliphatic carbocycles. The summed E-state index contributed by atoms with van der Waals surface area (Å²) in [5.41, 5.74) is 2.14. The lowest BCUT2D eigenvalue weighted by atomic mass is 10.1. The molecule has 168 valence electrons. The Balaban J connectivity index is 1.58. The highest BCUT2D eigenvalue weighted by molar-refractivity contribution is 9.10. The number of amides is 1. The Morgan fingerprint density at radius 1 is 1.12 bits per heavy atom. The van der Waals surface area contributed by atoms with Gasteiger partial charge in [-0.3, -0.25) is 9.69 Å². The zero-order chi connectivity index (χ0) is 23.5. The first kappa shape index (κ1) is 23.9. The lowest BCUT2D eigenvalue weighted by Gasteiger charge is -2.15. The maximum atomic E-state index is 13.4. The fourth-order valence-corrected chi connectivity index (χ4v) is 5.46. The topological polar surface area (TPSA) is 38.8 Å². The van der Waals surface area contributed by atoms with Crippen molar-refractivity contribution in [2.75, 3.05) is 12.0 Å². The second-order valence-electron chi connectivity index (χ2n) is 6.95. The molecule has 0 N–H and O–H groups in total. The summed E-state index contributed by atoms with van der Waals surface area (Å²) in [5.74, 6) is 0.456. The summed E-state index contributed by atoms with van der Waals surface area (Å²) in [6.07, 6.45) is 1.76. The van der Waals surface area contributed by atoms with Crippen LogP contribution in [0.15, 0.2) is 74.5 Å². The number of methoxy groups -OCH3 is 1. The standard InChI is InChI=1S/C24H16Br2FNO3S2/c1-30-20-10-15(9-19(26)22(20)31-13-14-4-2-6-17(27)8-14)11-21-23(29)28(24(32)33-21)18-7-3-5-16(25)12-18/h2-12H,13H2,1H3/b21-11+. The zero-order valence-electron chi connectivity index (χ0n) is 17.2. The Morgan fingerprint density at radius 2 is 1.91 bits per heavy atom. The average Bonchev–Trinajstić information content (AvgIpc) is 3.05. The molecular formula is C24H16Br2FNO3S2. The van der Waals surface area contributed by atoms with Crippen LogP contribution in [0.3, 0.4) is 0 Å². The monoisotopic (exact) mass is 607 g/mol. The van der Waals surface area contributed by atoms with Gasteiger partial charge in [0.1, 0.15) is 12.4 Å². The van der Waals surface area contributed by atoms with Crippen LogP contribution in [0.5, 0.6) is 11.5 Å². The van der Waals surface area contributed by atoms with Crippen LogP contribution in [-0.4, -0.2) is 17.3 Å². The molecule has 1 heterocycles. The number of rotatable bonds is 6. The number of thioether (sulfide) groups is 1. The third kappa shape index (κ3) is 5.48. The average molecular weight is 609 g/mol. The van der Waals surface area contributed by atoms with E-state index in [0.29, 0.717) is 36.4 Å². The quantitative estimate of drug-likeness (QED) is 0.216. The number of anilines is 1. The number of carbonyl (C=O) groups is 1. The molecule has 4 nitrogen and oxygen atoms in total. The van der Waals surface area contributed by atoms with Crippen molar-refractivity contribution in [3.8, 4) is 11.5 Å². The van der Waals surface area contributed by atoms with Crippen molar-refractivity contribution >= 4 is 77.8 Å². The molecule has 0 saturated carbocycles. The number of hydrogen-bond acceptors (Lipinski definition) is 5. The van der Waals surface area contributed by atoms with Gasteiger partial charge < -0.3 is 9.47 Å². The SMILES string of the molecule is COc1cc(/C=C2/SC(=S)N(c3cccc(Br)c3)C2=O)cc(Br)c1OCc1cccc(F)c1. The molecule has 1 aliphatic rings. The van der Waals surface area contributed by atoms with E-state index in [1.54, 1.807) is 24.3 Å². The van der Waals surface area contributed by atoms with Crippen molar-refractivity contribution in [3.63, 3.8) is 0 Å². The minimum absolute atomic E-state index is 0.178. The highest BCUT2D eigenvalue weighted by Crippen LogP contribution is 2.40. The van der Waals surface area contributed by atoms with Gasteiger partial charge in [0.05, 0.1) is 22.2 Å². The Morgan fingerprint density at radius 3 is 2.64 bits per heavy atom. The van der Waals surface area contributed by atoms with Crippen molar-refractivity contribution in [1.29, 1.82) is 0 Å². The van der Waals surface area contributed by atoms with Crippen LogP contribution in [0.2, 0.25) is 0 Å². The molecule has 0 unspecified atom stereocenters. The molecule has 4 rings (SSSR count). The molecule has 3 aromatic rings. The fourth-order valence-electron chi connectivity index (χ4n) is 3.20. The van der Waals surface area contributed by atoms with Crippen molar-refractivity contribution in [2.45, 2.75) is 6.61 Å². The molecular weight excluding hydrogens is 593 g/mol. The predicted molar refractivity (Wildman–Crippen MR) is 141 cm³/mol. The minimum atomic E-state index is -0.322. The van der Waals surface area contributed by atoms with Crippen molar-refractivity contribution in [1.82, 2.24) is 0 Å². The molecule has 9 heteroatoms. The molecule has 1 amide bonds. The van der Waals surface area contributed by atoms with E-state index in [1.807, 2.05) is 30.3 Å². The first-order valence-corrected chi connectivity index (χ1v) is 12.4. The molecule has 0 aromatic heterocycles. The second-order valence-corrected chi connectivity index (χ2v) is 10.4. The van der Waals surface area contributed by atoms with Gasteiger partial charge in [0.15, 0.2) is 15.8 Å². The summed E-state index contributed by atoms with van der Waals surface area (Å²) >= 11 is 13.6. The lowest BCUT2D eigenvalue weighted by molar-refractivity contribution is -0.113. The van der Waals surface area contributed by atoms with Gasteiger partial charge >= 0.3 is 0 Å². The normalized spacial score (nSPS) is 14.8. The molecule has 3 aromatic carbocycles. The van der Waals surface area contributed by atoms with E-state index in [4.69, 9.17) is 21.7 Å². The third-order valence-electron chi connectivity index (χ3n) is 4.68. The van der Waals surface area contributed by atoms with Gasteiger partial charge in [0, 0.05) is 4.47 Å². The zero-order valence-corrected chi connectivity index (χ0v) is 22.0. The number of thiocarbonyl (C=S) groups is 1. The van der Waals surface area contributed by atoms with Gasteiger partial charge in [-0.1, -0.05) is 58.1 Å². The van der Waals surface area contributed by atoms with Crippen molar-refractivity contribution in [3.05, 3.63) is 91.5 Å². The van der Waals surface area contributed by atoms with Gasteiger partial charge in [0.2, 0.25) is 0 Å². The summed E-state index contributed by atoms with van der Waals surface area (Å²) in [6, 6.07) is 17.2. The molecule has 0 spiro atoms. The Kier molecular flexibility index (Phi) is 7.53. The summed E-state index contributed by atoms with van der Waals surface area (Å²) in [7, 11) is 1.54. The van der Waals surface area contributed by atoms with Gasteiger partial charge in [-0.25, -0.2) is 4.39 Å². The summed E-state index contributed by atoms with van der Waals surface area (Å²) in [4.78, 5) is 15.1. The largest absolute Gasteiger partial charge is 0.493 e. The Bertz CT molecular complexity index is 1280. The van der Waals surface area contributed by atoms with Crippen LogP contribution in [0.25, 0.3) is 6.08 Å². The number of carbonyl (C=O) groups excluding carboxylic acids is 1. The number of ether oxygens (including phenoxy) is 2. The maximum absolute atomic E-state index is 13.4. The highest BCUT2D eigenvalue weighted by atomic mass is 79.9. The first-order chi connectivity index (χ1) is 15.9. The summed E-state index contributed by atoms with van der Waals surface area (Å²) in [6.45, 7) is 0.178. The molecule has 1 aliphatic heterocycles. The van der Waals surface area contributed by atoms with Crippen LogP contribution in [0.1, 0.15) is 11.1 Å². The van der Waals surface area contributed by atoms with E-state index in [9.17, 15) is 9.18 Å². The Hall–Kier alpha value is -2.20. The number of halogens is 3. The molecule has 0 radical (unpaired) electrons. The van der Waals surface area contributed by atoms with Gasteiger partial charge in [-0.2, -0.15) is 0 Å². The van der Waals surface area contributed by atoms with Crippen LogP contribution in [0.4, 0.5) is 10.1 Å². The number of hydrogen-bond donors (Lipinski definition) is 0. The molecule has 1 fully saturated rings. The van der Waals surface area contributed by atoms with Gasteiger partial charge in [0.25, 0.3) is 5.91 Å². The van der Waals surface area contributed by atoms with E-state index < -0.39 is 0 Å². The molecule has 33 heavy (non-hydrogen) atoms. The van der Waals surface area contributed by atoms with Gasteiger partial charge in [-0.15, -0.1) is 0 Å². The summed E-state index contributed by atoms with van der Waals surface area (Å²) < 4.78 is 26.8. The van der Waals surface area contributed by atoms with E-state index >= 15 is 0 Å². The predicted octanol–water partition coefficient (Wildman–Crippen LogP) is 7.34. The second kappa shape index (κ2) is 10.4. The molecule has 0 atom stereocenters. The first-order valence-electron chi connectivity index (χ1n) is 9.64. The fraction of sp³-hybridized carbons (Fsp3) is 0.0833. The molecule has 1 saturated heterocycles. The van der Waals surface area contributed by atoms with E-state index in [-0.39, 0.29) is 18.3 Å². The van der Waals surface area contributed by atoms with Crippen LogP contribution in [-0.2, 0) is 11.4 Å². The number of nitrogens with zero attached hydrogens (tertiary/aromatic N) is 1. The summed E-state index contributed by atoms with van der Waals surface area (Å²) in [5, 5.41) is 0.